The Balaban J connectivity index is 3.28. The molecule has 1 rings (SSSR count). The predicted octanol–water partition coefficient (Wildman–Crippen LogP) is 4.69. The lowest BCUT2D eigenvalue weighted by Crippen LogP contribution is -1.86. The molecule has 12 heavy (non-hydrogen) atoms. The van der Waals surface area contributed by atoms with Crippen molar-refractivity contribution in [3.05, 3.63) is 32.2 Å². The molecule has 0 saturated heterocycles. The zero-order chi connectivity index (χ0) is 9.30. The molecule has 0 unspecified atom stereocenters. The van der Waals surface area contributed by atoms with Crippen molar-refractivity contribution in [3.8, 4) is 0 Å². The molecule has 66 valence electrons. The number of benzene rings is 1. The molecular formula is C7H3BrCl2F2. The van der Waals surface area contributed by atoms with Crippen molar-refractivity contribution < 1.29 is 8.78 Å². The average molecular weight is 276 g/mol. The average Bonchev–Trinajstić information content (AvgIpc) is 1.96. The van der Waals surface area contributed by atoms with Crippen LogP contribution in [0.15, 0.2) is 16.6 Å². The summed E-state index contributed by atoms with van der Waals surface area (Å²) in [6, 6.07) is 2.62. The summed E-state index contributed by atoms with van der Waals surface area (Å²) in [5.41, 5.74) is -0.254. The molecule has 0 bridgehead atoms. The number of hydrogen-bond acceptors (Lipinski definition) is 0. The molecule has 5 heteroatoms. The molecule has 0 fully saturated rings. The third-order valence-corrected chi connectivity index (χ3v) is 2.75. The van der Waals surface area contributed by atoms with Gasteiger partial charge in [-0.15, -0.1) is 0 Å². The second kappa shape index (κ2) is 3.90. The molecule has 1 aromatic rings. The molecule has 0 heterocycles. The Morgan fingerprint density at radius 2 is 1.83 bits per heavy atom. The first-order chi connectivity index (χ1) is 5.52. The number of halogens is 5. The minimum Gasteiger partial charge on any atom is -0.205 e. The van der Waals surface area contributed by atoms with E-state index in [2.05, 4.69) is 15.9 Å². The number of alkyl halides is 2. The molecular weight excluding hydrogens is 273 g/mol. The fourth-order valence-electron chi connectivity index (χ4n) is 0.735. The number of rotatable bonds is 1. The summed E-state index contributed by atoms with van der Waals surface area (Å²) >= 11 is 14.1. The monoisotopic (exact) mass is 274 g/mol. The molecule has 0 spiro atoms. The summed E-state index contributed by atoms with van der Waals surface area (Å²) in [5.74, 6) is 0. The minimum absolute atomic E-state index is 0.00870. The van der Waals surface area contributed by atoms with E-state index in [1.54, 1.807) is 0 Å². The Hall–Kier alpha value is 0.140. The van der Waals surface area contributed by atoms with E-state index in [1.807, 2.05) is 0 Å². The SMILES string of the molecule is FC(F)c1cc(Cl)cc(Br)c1Cl. The highest BCUT2D eigenvalue weighted by atomic mass is 79.9. The summed E-state index contributed by atoms with van der Waals surface area (Å²) in [4.78, 5) is 0. The highest BCUT2D eigenvalue weighted by Crippen LogP contribution is 2.35. The lowest BCUT2D eigenvalue weighted by atomic mass is 10.2. The maximum atomic E-state index is 12.2. The fraction of sp³-hybridized carbons (Fsp3) is 0.143. The van der Waals surface area contributed by atoms with Crippen LogP contribution < -0.4 is 0 Å². The van der Waals surface area contributed by atoms with Crippen LogP contribution in [-0.2, 0) is 0 Å². The second-order valence-electron chi connectivity index (χ2n) is 2.09. The summed E-state index contributed by atoms with van der Waals surface area (Å²) in [7, 11) is 0. The van der Waals surface area contributed by atoms with E-state index in [0.717, 1.165) is 6.07 Å². The minimum atomic E-state index is -2.60. The smallest absolute Gasteiger partial charge is 0.205 e. The first kappa shape index (κ1) is 10.2. The Morgan fingerprint density at radius 3 is 2.33 bits per heavy atom. The van der Waals surface area contributed by atoms with Crippen LogP contribution in [-0.4, -0.2) is 0 Å². The first-order valence-electron chi connectivity index (χ1n) is 2.95. The zero-order valence-electron chi connectivity index (χ0n) is 5.62. The van der Waals surface area contributed by atoms with Crippen LogP contribution in [0.4, 0.5) is 8.78 Å². The van der Waals surface area contributed by atoms with E-state index in [-0.39, 0.29) is 15.6 Å². The van der Waals surface area contributed by atoms with Gasteiger partial charge in [0.25, 0.3) is 6.43 Å². The van der Waals surface area contributed by atoms with Crippen LogP contribution in [0.3, 0.4) is 0 Å². The van der Waals surface area contributed by atoms with Gasteiger partial charge in [0.1, 0.15) is 0 Å². The quantitative estimate of drug-likeness (QED) is 0.652. The van der Waals surface area contributed by atoms with Gasteiger partial charge in [0, 0.05) is 15.1 Å². The summed E-state index contributed by atoms with van der Waals surface area (Å²) in [6.45, 7) is 0. The van der Waals surface area contributed by atoms with Crippen molar-refractivity contribution in [3.63, 3.8) is 0 Å². The van der Waals surface area contributed by atoms with Gasteiger partial charge in [-0.2, -0.15) is 0 Å². The largest absolute Gasteiger partial charge is 0.265 e. The van der Waals surface area contributed by atoms with E-state index < -0.39 is 6.43 Å². The second-order valence-corrected chi connectivity index (χ2v) is 3.76. The maximum absolute atomic E-state index is 12.2. The van der Waals surface area contributed by atoms with Crippen molar-refractivity contribution in [1.29, 1.82) is 0 Å². The predicted molar refractivity (Wildman–Crippen MR) is 49.1 cm³/mol. The molecule has 0 aliphatic rings. The van der Waals surface area contributed by atoms with Crippen LogP contribution in [0, 0.1) is 0 Å². The molecule has 0 amide bonds. The molecule has 0 aromatic heterocycles. The first-order valence-corrected chi connectivity index (χ1v) is 4.50. The van der Waals surface area contributed by atoms with E-state index >= 15 is 0 Å². The Labute approximate surface area is 86.6 Å². The Morgan fingerprint density at radius 1 is 1.25 bits per heavy atom. The summed E-state index contributed by atoms with van der Waals surface area (Å²) in [5, 5.41) is 0.246. The van der Waals surface area contributed by atoms with E-state index in [4.69, 9.17) is 23.2 Å². The molecule has 0 nitrogen and oxygen atoms in total. The van der Waals surface area contributed by atoms with Crippen LogP contribution in [0.2, 0.25) is 10.0 Å². The van der Waals surface area contributed by atoms with Gasteiger partial charge in [0.2, 0.25) is 0 Å². The standard InChI is InChI=1S/C7H3BrCl2F2/c8-5-2-3(9)1-4(6(5)10)7(11)12/h1-2,7H. The number of hydrogen-bond donors (Lipinski definition) is 0. The third-order valence-electron chi connectivity index (χ3n) is 1.26. The normalized spacial score (nSPS) is 10.8. The van der Waals surface area contributed by atoms with E-state index in [0.29, 0.717) is 4.47 Å². The topological polar surface area (TPSA) is 0 Å². The molecule has 0 aliphatic heterocycles. The van der Waals surface area contributed by atoms with Crippen LogP contribution in [0.25, 0.3) is 0 Å². The molecule has 0 N–H and O–H groups in total. The van der Waals surface area contributed by atoms with Gasteiger partial charge in [-0.1, -0.05) is 23.2 Å². The van der Waals surface area contributed by atoms with E-state index in [1.165, 1.54) is 6.07 Å². The van der Waals surface area contributed by atoms with Crippen molar-refractivity contribution in [1.82, 2.24) is 0 Å². The summed E-state index contributed by atoms with van der Waals surface area (Å²) < 4.78 is 24.8. The third kappa shape index (κ3) is 2.09. The highest BCUT2D eigenvalue weighted by molar-refractivity contribution is 9.10. The molecule has 1 aromatic carbocycles. The van der Waals surface area contributed by atoms with Crippen molar-refractivity contribution in [2.75, 3.05) is 0 Å². The van der Waals surface area contributed by atoms with Crippen molar-refractivity contribution >= 4 is 39.1 Å². The van der Waals surface area contributed by atoms with Gasteiger partial charge in [-0.25, -0.2) is 8.78 Å². The van der Waals surface area contributed by atoms with E-state index in [9.17, 15) is 8.78 Å². The zero-order valence-corrected chi connectivity index (χ0v) is 8.72. The molecule has 0 saturated carbocycles. The lowest BCUT2D eigenvalue weighted by Gasteiger charge is -2.04. The van der Waals surface area contributed by atoms with Gasteiger partial charge in [0.15, 0.2) is 0 Å². The van der Waals surface area contributed by atoms with Crippen molar-refractivity contribution in [2.45, 2.75) is 6.43 Å². The van der Waals surface area contributed by atoms with Crippen LogP contribution in [0.1, 0.15) is 12.0 Å². The lowest BCUT2D eigenvalue weighted by molar-refractivity contribution is 0.151. The molecule has 0 radical (unpaired) electrons. The van der Waals surface area contributed by atoms with Gasteiger partial charge in [-0.05, 0) is 28.1 Å². The maximum Gasteiger partial charge on any atom is 0.265 e. The molecule has 0 atom stereocenters. The Kier molecular flexibility index (Phi) is 3.32. The van der Waals surface area contributed by atoms with Gasteiger partial charge < -0.3 is 0 Å². The fourth-order valence-corrected chi connectivity index (χ4v) is 1.76. The van der Waals surface area contributed by atoms with Gasteiger partial charge in [0.05, 0.1) is 5.02 Å². The van der Waals surface area contributed by atoms with Crippen molar-refractivity contribution in [2.24, 2.45) is 0 Å². The summed E-state index contributed by atoms with van der Waals surface area (Å²) in [6.07, 6.45) is -2.60. The Bertz CT molecular complexity index is 302. The molecule has 0 aliphatic carbocycles. The van der Waals surface area contributed by atoms with Gasteiger partial charge in [-0.3, -0.25) is 0 Å². The van der Waals surface area contributed by atoms with Gasteiger partial charge >= 0.3 is 0 Å². The van der Waals surface area contributed by atoms with Crippen LogP contribution >= 0.6 is 39.1 Å². The highest BCUT2D eigenvalue weighted by Gasteiger charge is 2.14. The van der Waals surface area contributed by atoms with Crippen LogP contribution in [0.5, 0.6) is 0 Å².